The van der Waals surface area contributed by atoms with Gasteiger partial charge < -0.3 is 20.3 Å². The van der Waals surface area contributed by atoms with E-state index in [1.54, 1.807) is 18.7 Å². The third kappa shape index (κ3) is 7.89. The molecule has 1 atom stereocenters. The summed E-state index contributed by atoms with van der Waals surface area (Å²) in [6.45, 7) is 5.65. The second-order valence-electron chi connectivity index (χ2n) is 15.9. The number of pyridine rings is 1. The van der Waals surface area contributed by atoms with E-state index in [9.17, 15) is 23.6 Å². The van der Waals surface area contributed by atoms with Crippen molar-refractivity contribution < 1.29 is 23.5 Å². The van der Waals surface area contributed by atoms with Gasteiger partial charge in [-0.15, -0.1) is 0 Å². The van der Waals surface area contributed by atoms with E-state index in [-0.39, 0.29) is 29.4 Å². The monoisotopic (exact) mass is 779 g/mol. The van der Waals surface area contributed by atoms with E-state index in [0.717, 1.165) is 93.2 Å². The summed E-state index contributed by atoms with van der Waals surface area (Å²) in [7, 11) is 3.28. The van der Waals surface area contributed by atoms with Crippen LogP contribution >= 0.6 is 0 Å². The van der Waals surface area contributed by atoms with Crippen LogP contribution in [0.2, 0.25) is 0 Å². The number of ether oxygens (including phenoxy) is 1. The Morgan fingerprint density at radius 1 is 0.982 bits per heavy atom. The topological polar surface area (TPSA) is 157 Å². The number of nitrogens with zero attached hydrogens (tertiary/aromatic N) is 6. The number of para-hydroxylation sites is 1. The van der Waals surface area contributed by atoms with Gasteiger partial charge in [-0.2, -0.15) is 5.10 Å². The zero-order valence-electron chi connectivity index (χ0n) is 32.7. The number of rotatable bonds is 11. The molecule has 8 rings (SSSR count). The summed E-state index contributed by atoms with van der Waals surface area (Å²) in [6, 6.07) is 11.7. The number of methoxy groups -OCH3 is 1. The molecule has 3 N–H and O–H groups in total. The molecular formula is C42H50FN9O5. The number of nitrogens with one attached hydrogen (secondary N) is 3. The third-order valence-electron chi connectivity index (χ3n) is 12.3. The second kappa shape index (κ2) is 16.1. The van der Waals surface area contributed by atoms with Gasteiger partial charge in [0.1, 0.15) is 23.3 Å². The van der Waals surface area contributed by atoms with Gasteiger partial charge in [-0.25, -0.2) is 14.2 Å². The summed E-state index contributed by atoms with van der Waals surface area (Å²) >= 11 is 0. The number of halogens is 1. The number of amides is 3. The van der Waals surface area contributed by atoms with Crippen molar-refractivity contribution in [3.63, 3.8) is 0 Å². The van der Waals surface area contributed by atoms with Crippen molar-refractivity contribution in [1.82, 2.24) is 34.1 Å². The summed E-state index contributed by atoms with van der Waals surface area (Å²) < 4.78 is 24.5. The molecule has 57 heavy (non-hydrogen) atoms. The first-order chi connectivity index (χ1) is 27.6. The highest BCUT2D eigenvalue weighted by molar-refractivity contribution is 6.05. The van der Waals surface area contributed by atoms with E-state index in [1.165, 1.54) is 23.6 Å². The number of fused-ring (bicyclic) bond motifs is 2. The van der Waals surface area contributed by atoms with E-state index >= 15 is 0 Å². The summed E-state index contributed by atoms with van der Waals surface area (Å²) in [6.07, 6.45) is 10.4. The molecule has 0 bridgehead atoms. The van der Waals surface area contributed by atoms with Crippen LogP contribution in [-0.4, -0.2) is 79.8 Å². The average molecular weight is 780 g/mol. The first-order valence-electron chi connectivity index (χ1n) is 20.1. The third-order valence-corrected chi connectivity index (χ3v) is 12.3. The second-order valence-corrected chi connectivity index (χ2v) is 15.9. The highest BCUT2D eigenvalue weighted by Crippen LogP contribution is 2.36. The minimum atomic E-state index is -0.700. The first-order valence-corrected chi connectivity index (χ1v) is 20.1. The molecule has 1 unspecified atom stereocenters. The van der Waals surface area contributed by atoms with Crippen molar-refractivity contribution in [2.24, 2.45) is 18.9 Å². The Morgan fingerprint density at radius 2 is 1.77 bits per heavy atom. The minimum absolute atomic E-state index is 0.129. The quantitative estimate of drug-likeness (QED) is 0.143. The van der Waals surface area contributed by atoms with E-state index in [0.29, 0.717) is 41.3 Å². The molecule has 3 aliphatic rings. The van der Waals surface area contributed by atoms with Crippen LogP contribution in [0.5, 0.6) is 5.75 Å². The highest BCUT2D eigenvalue weighted by atomic mass is 19.1. The van der Waals surface area contributed by atoms with E-state index in [1.807, 2.05) is 36.5 Å². The van der Waals surface area contributed by atoms with Gasteiger partial charge in [-0.1, -0.05) is 6.07 Å². The van der Waals surface area contributed by atoms with E-state index in [4.69, 9.17) is 9.84 Å². The van der Waals surface area contributed by atoms with Crippen molar-refractivity contribution >= 4 is 51.0 Å². The normalized spacial score (nSPS) is 20.9. The Balaban J connectivity index is 0.804. The van der Waals surface area contributed by atoms with Gasteiger partial charge in [0.15, 0.2) is 0 Å². The molecule has 2 aromatic carbocycles. The van der Waals surface area contributed by atoms with Crippen molar-refractivity contribution in [2.75, 3.05) is 43.9 Å². The maximum Gasteiger partial charge on any atom is 0.329 e. The molecule has 15 heteroatoms. The molecule has 1 saturated carbocycles. The molecule has 2 aliphatic heterocycles. The van der Waals surface area contributed by atoms with Gasteiger partial charge in [0.2, 0.25) is 11.8 Å². The predicted octanol–water partition coefficient (Wildman–Crippen LogP) is 5.72. The fourth-order valence-electron chi connectivity index (χ4n) is 9.02. The van der Waals surface area contributed by atoms with Crippen LogP contribution in [0.3, 0.4) is 0 Å². The smallest absolute Gasteiger partial charge is 0.329 e. The molecule has 5 heterocycles. The lowest BCUT2D eigenvalue weighted by atomic mass is 9.85. The maximum absolute atomic E-state index is 13.7. The number of benzene rings is 2. The van der Waals surface area contributed by atoms with Crippen molar-refractivity contribution in [3.8, 4) is 5.75 Å². The number of imidazole rings is 1. The zero-order chi connectivity index (χ0) is 39.8. The van der Waals surface area contributed by atoms with Gasteiger partial charge in [0.25, 0.3) is 5.91 Å². The van der Waals surface area contributed by atoms with Crippen LogP contribution in [0.1, 0.15) is 86.1 Å². The summed E-state index contributed by atoms with van der Waals surface area (Å²) in [5, 5.41) is 14.6. The SMILES string of the molecule is COc1cc2nn(C3CCC(CN4CCC(CCNc5cccc6c5n(C)c(=O)n6C5CCC(=O)NC5=O)CC4)CC3)cc2cc1NC(=O)c1ccc(F)c(C)n1. The van der Waals surface area contributed by atoms with Crippen LogP contribution < -0.4 is 26.4 Å². The molecule has 3 amide bonds. The van der Waals surface area contributed by atoms with E-state index < -0.39 is 23.7 Å². The number of carbonyl (C=O) groups is 3. The Hall–Kier alpha value is -5.57. The van der Waals surface area contributed by atoms with Gasteiger partial charge in [-0.05, 0) is 114 Å². The summed E-state index contributed by atoms with van der Waals surface area (Å²) in [4.78, 5) is 57.2. The van der Waals surface area contributed by atoms with Crippen LogP contribution in [0.4, 0.5) is 15.8 Å². The van der Waals surface area contributed by atoms with Crippen LogP contribution in [0.25, 0.3) is 21.9 Å². The zero-order valence-corrected chi connectivity index (χ0v) is 32.7. The van der Waals surface area contributed by atoms with Gasteiger partial charge >= 0.3 is 5.69 Å². The first kappa shape index (κ1) is 38.3. The fourth-order valence-corrected chi connectivity index (χ4v) is 9.02. The largest absolute Gasteiger partial charge is 0.494 e. The minimum Gasteiger partial charge on any atom is -0.494 e. The predicted molar refractivity (Wildman–Crippen MR) is 215 cm³/mol. The Labute approximate surface area is 329 Å². The van der Waals surface area contributed by atoms with Gasteiger partial charge in [0, 0.05) is 44.2 Å². The van der Waals surface area contributed by atoms with Crippen molar-refractivity contribution in [1.29, 1.82) is 0 Å². The molecule has 2 saturated heterocycles. The standard InChI is InChI=1S/C42H50FN9O5/c1-25-30(43)11-12-32(45-25)40(54)46-34-21-28-24-51(48-33(28)22-37(34)57-3)29-9-7-27(8-10-29)23-50-19-16-26(17-20-50)15-18-44-31-5-4-6-35-39(31)49(2)42(56)52(35)36-13-14-38(53)47-41(36)55/h4-6,11-12,21-22,24,26-27,29,36,44H,7-10,13-20,23H2,1-3H3,(H,46,54)(H,47,53,55). The van der Waals surface area contributed by atoms with Crippen LogP contribution in [-0.2, 0) is 16.6 Å². The molecule has 0 spiro atoms. The lowest BCUT2D eigenvalue weighted by Crippen LogP contribution is -2.44. The lowest BCUT2D eigenvalue weighted by Gasteiger charge is -2.36. The summed E-state index contributed by atoms with van der Waals surface area (Å²) in [5.74, 6) is 0.158. The number of hydrogen-bond acceptors (Lipinski definition) is 9. The Kier molecular flexibility index (Phi) is 10.8. The van der Waals surface area contributed by atoms with Crippen molar-refractivity contribution in [3.05, 3.63) is 76.4 Å². The molecule has 14 nitrogen and oxygen atoms in total. The highest BCUT2D eigenvalue weighted by Gasteiger charge is 2.32. The Morgan fingerprint density at radius 3 is 2.51 bits per heavy atom. The number of carbonyl (C=O) groups excluding carboxylic acids is 3. The molecular weight excluding hydrogens is 730 g/mol. The van der Waals surface area contributed by atoms with Gasteiger partial charge in [-0.3, -0.25) is 33.5 Å². The van der Waals surface area contributed by atoms with Crippen LogP contribution in [0, 0.1) is 24.6 Å². The Bertz CT molecular complexity index is 2390. The van der Waals surface area contributed by atoms with Gasteiger partial charge in [0.05, 0.1) is 46.8 Å². The lowest BCUT2D eigenvalue weighted by molar-refractivity contribution is -0.135. The number of aromatic nitrogens is 5. The summed E-state index contributed by atoms with van der Waals surface area (Å²) in [5.41, 5.74) is 3.67. The van der Waals surface area contributed by atoms with Crippen molar-refractivity contribution in [2.45, 2.75) is 76.8 Å². The number of likely N-dealkylation sites (tertiary alicyclic amines) is 1. The fraction of sp³-hybridized carbons (Fsp3) is 0.476. The molecule has 300 valence electrons. The molecule has 5 aromatic rings. The average Bonchev–Trinajstić information content (AvgIpc) is 3.74. The van der Waals surface area contributed by atoms with E-state index in [2.05, 4.69) is 30.5 Å². The number of piperidine rings is 2. The van der Waals surface area contributed by atoms with Crippen LogP contribution in [0.15, 0.2) is 53.5 Å². The number of anilines is 2. The molecule has 0 radical (unpaired) electrons. The number of imide groups is 1. The molecule has 3 aromatic heterocycles. The molecule has 3 fully saturated rings. The maximum atomic E-state index is 13.7. The number of hydrogen-bond donors (Lipinski definition) is 3. The number of aryl methyl sites for hydroxylation is 2. The molecule has 1 aliphatic carbocycles.